The van der Waals surface area contributed by atoms with Crippen LogP contribution in [0.1, 0.15) is 57.4 Å². The molecular formula is C30H29N3O2. The second-order valence-corrected chi connectivity index (χ2v) is 8.94. The van der Waals surface area contributed by atoms with Crippen molar-refractivity contribution >= 4 is 5.91 Å². The standard InChI is InChI=1S/C30H29N3O2/c31-30(34)24-14-17-29(33-19-24)35-25-15-16-26-23(18-25)12-7-13-28(26)32-20-27(21-8-3-1-4-9-21)22-10-5-2-6-11-22/h1-6,8-11,14-19,27-28,32H,7,12-13,20H2,(H2,31,34). The number of hydrogen-bond acceptors (Lipinski definition) is 4. The maximum atomic E-state index is 11.3. The Labute approximate surface area is 206 Å². The molecule has 3 aromatic carbocycles. The topological polar surface area (TPSA) is 77.2 Å². The van der Waals surface area contributed by atoms with Crippen molar-refractivity contribution in [2.45, 2.75) is 31.2 Å². The molecule has 5 nitrogen and oxygen atoms in total. The molecule has 5 rings (SSSR count). The van der Waals surface area contributed by atoms with Crippen LogP contribution >= 0.6 is 0 Å². The van der Waals surface area contributed by atoms with Crippen molar-refractivity contribution in [3.8, 4) is 11.6 Å². The first-order chi connectivity index (χ1) is 17.2. The van der Waals surface area contributed by atoms with Crippen LogP contribution in [-0.2, 0) is 6.42 Å². The van der Waals surface area contributed by atoms with Crippen LogP contribution in [0.5, 0.6) is 11.6 Å². The molecule has 1 amide bonds. The van der Waals surface area contributed by atoms with Crippen molar-refractivity contribution in [2.75, 3.05) is 6.54 Å². The van der Waals surface area contributed by atoms with Gasteiger partial charge in [-0.05, 0) is 59.7 Å². The van der Waals surface area contributed by atoms with Crippen LogP contribution in [0.25, 0.3) is 0 Å². The third-order valence-corrected chi connectivity index (χ3v) is 6.64. The van der Waals surface area contributed by atoms with Gasteiger partial charge < -0.3 is 15.8 Å². The minimum atomic E-state index is -0.502. The Morgan fingerprint density at radius 2 is 1.69 bits per heavy atom. The summed E-state index contributed by atoms with van der Waals surface area (Å²) in [4.78, 5) is 15.4. The average Bonchev–Trinajstić information content (AvgIpc) is 2.90. The minimum absolute atomic E-state index is 0.292. The van der Waals surface area contributed by atoms with Crippen LogP contribution in [-0.4, -0.2) is 17.4 Å². The highest BCUT2D eigenvalue weighted by Gasteiger charge is 2.23. The van der Waals surface area contributed by atoms with Gasteiger partial charge in [0.15, 0.2) is 0 Å². The number of primary amides is 1. The number of aryl methyl sites for hydroxylation is 1. The zero-order valence-corrected chi connectivity index (χ0v) is 19.6. The fraction of sp³-hybridized carbons (Fsp3) is 0.200. The van der Waals surface area contributed by atoms with Crippen LogP contribution in [0.4, 0.5) is 0 Å². The van der Waals surface area contributed by atoms with Crippen molar-refractivity contribution in [3.63, 3.8) is 0 Å². The first-order valence-electron chi connectivity index (χ1n) is 12.1. The molecule has 0 fully saturated rings. The van der Waals surface area contributed by atoms with E-state index < -0.39 is 5.91 Å². The lowest BCUT2D eigenvalue weighted by Crippen LogP contribution is -2.29. The largest absolute Gasteiger partial charge is 0.439 e. The van der Waals surface area contributed by atoms with E-state index in [4.69, 9.17) is 10.5 Å². The highest BCUT2D eigenvalue weighted by molar-refractivity contribution is 5.92. The molecule has 0 spiro atoms. The van der Waals surface area contributed by atoms with Gasteiger partial charge in [0, 0.05) is 30.8 Å². The molecule has 1 atom stereocenters. The first-order valence-corrected chi connectivity index (χ1v) is 12.1. The molecule has 1 aliphatic rings. The molecule has 1 aromatic heterocycles. The van der Waals surface area contributed by atoms with Gasteiger partial charge in [-0.3, -0.25) is 4.79 Å². The fourth-order valence-electron chi connectivity index (χ4n) is 4.83. The summed E-state index contributed by atoms with van der Waals surface area (Å²) < 4.78 is 5.94. The Kier molecular flexibility index (Phi) is 6.87. The summed E-state index contributed by atoms with van der Waals surface area (Å²) in [6, 6.07) is 31.3. The van der Waals surface area contributed by atoms with Gasteiger partial charge in [-0.2, -0.15) is 0 Å². The molecule has 0 saturated heterocycles. The summed E-state index contributed by atoms with van der Waals surface area (Å²) in [5.74, 6) is 0.974. The number of hydrogen-bond donors (Lipinski definition) is 2. The number of aromatic nitrogens is 1. The maximum Gasteiger partial charge on any atom is 0.250 e. The average molecular weight is 464 g/mol. The molecule has 1 aliphatic carbocycles. The number of amides is 1. The van der Waals surface area contributed by atoms with Crippen molar-refractivity contribution in [1.29, 1.82) is 0 Å². The molecular weight excluding hydrogens is 434 g/mol. The van der Waals surface area contributed by atoms with Crippen molar-refractivity contribution in [2.24, 2.45) is 5.73 Å². The minimum Gasteiger partial charge on any atom is -0.439 e. The molecule has 35 heavy (non-hydrogen) atoms. The number of ether oxygens (including phenoxy) is 1. The van der Waals surface area contributed by atoms with Crippen molar-refractivity contribution < 1.29 is 9.53 Å². The smallest absolute Gasteiger partial charge is 0.250 e. The van der Waals surface area contributed by atoms with Gasteiger partial charge in [0.1, 0.15) is 5.75 Å². The number of carbonyl (C=O) groups excluding carboxylic acids is 1. The van der Waals surface area contributed by atoms with E-state index in [2.05, 4.69) is 83.1 Å². The zero-order chi connectivity index (χ0) is 24.0. The molecule has 1 unspecified atom stereocenters. The van der Waals surface area contributed by atoms with Crippen molar-refractivity contribution in [1.82, 2.24) is 10.3 Å². The number of rotatable bonds is 8. The molecule has 0 bridgehead atoms. The predicted octanol–water partition coefficient (Wildman–Crippen LogP) is 5.77. The predicted molar refractivity (Wildman–Crippen MR) is 138 cm³/mol. The number of nitrogens with two attached hydrogens (primary N) is 1. The number of pyridine rings is 1. The summed E-state index contributed by atoms with van der Waals surface area (Å²) >= 11 is 0. The van der Waals surface area contributed by atoms with E-state index in [9.17, 15) is 4.79 Å². The fourth-order valence-corrected chi connectivity index (χ4v) is 4.83. The SMILES string of the molecule is NC(=O)c1ccc(Oc2ccc3c(c2)CCCC3NCC(c2ccccc2)c2ccccc2)nc1. The number of fused-ring (bicyclic) bond motifs is 1. The van der Waals surface area contributed by atoms with E-state index in [-0.39, 0.29) is 0 Å². The molecule has 176 valence electrons. The Morgan fingerprint density at radius 1 is 0.971 bits per heavy atom. The van der Waals surface area contributed by atoms with Crippen LogP contribution < -0.4 is 15.8 Å². The van der Waals surface area contributed by atoms with E-state index >= 15 is 0 Å². The van der Waals surface area contributed by atoms with Crippen LogP contribution in [0, 0.1) is 0 Å². The van der Waals surface area contributed by atoms with Crippen LogP contribution in [0.2, 0.25) is 0 Å². The summed E-state index contributed by atoms with van der Waals surface area (Å²) in [7, 11) is 0. The number of carbonyl (C=O) groups is 1. The zero-order valence-electron chi connectivity index (χ0n) is 19.6. The van der Waals surface area contributed by atoms with E-state index in [0.717, 1.165) is 31.6 Å². The normalized spacial score (nSPS) is 14.9. The van der Waals surface area contributed by atoms with E-state index in [1.807, 2.05) is 6.07 Å². The first kappa shape index (κ1) is 22.8. The summed E-state index contributed by atoms with van der Waals surface area (Å²) in [5, 5.41) is 3.86. The third-order valence-electron chi connectivity index (χ3n) is 6.64. The van der Waals surface area contributed by atoms with Gasteiger partial charge in [0.25, 0.3) is 0 Å². The Hall–Kier alpha value is -3.96. The van der Waals surface area contributed by atoms with E-state index in [1.54, 1.807) is 12.1 Å². The summed E-state index contributed by atoms with van der Waals surface area (Å²) in [6.45, 7) is 0.868. The van der Waals surface area contributed by atoms with Crippen LogP contribution in [0.3, 0.4) is 0 Å². The highest BCUT2D eigenvalue weighted by atomic mass is 16.5. The summed E-state index contributed by atoms with van der Waals surface area (Å²) in [6.07, 6.45) is 4.70. The van der Waals surface area contributed by atoms with Gasteiger partial charge in [0.05, 0.1) is 5.56 Å². The Bertz CT molecular complexity index is 1230. The van der Waals surface area contributed by atoms with E-state index in [0.29, 0.717) is 23.4 Å². The second kappa shape index (κ2) is 10.5. The number of benzene rings is 3. The maximum absolute atomic E-state index is 11.3. The lowest BCUT2D eigenvalue weighted by atomic mass is 9.86. The Balaban J connectivity index is 1.31. The molecule has 0 aliphatic heterocycles. The third kappa shape index (κ3) is 5.42. The quantitative estimate of drug-likeness (QED) is 0.348. The van der Waals surface area contributed by atoms with Crippen molar-refractivity contribution in [3.05, 3.63) is 125 Å². The van der Waals surface area contributed by atoms with Gasteiger partial charge in [-0.15, -0.1) is 0 Å². The lowest BCUT2D eigenvalue weighted by molar-refractivity contribution is 0.1000. The lowest BCUT2D eigenvalue weighted by Gasteiger charge is -2.29. The number of nitrogens with zero attached hydrogens (tertiary/aromatic N) is 1. The van der Waals surface area contributed by atoms with Gasteiger partial charge in [-0.1, -0.05) is 66.7 Å². The van der Waals surface area contributed by atoms with Crippen LogP contribution in [0.15, 0.2) is 97.2 Å². The van der Waals surface area contributed by atoms with E-state index in [1.165, 1.54) is 28.5 Å². The molecule has 1 heterocycles. The van der Waals surface area contributed by atoms with Gasteiger partial charge in [0.2, 0.25) is 11.8 Å². The Morgan fingerprint density at radius 3 is 2.31 bits per heavy atom. The molecule has 4 aromatic rings. The highest BCUT2D eigenvalue weighted by Crippen LogP contribution is 2.34. The summed E-state index contributed by atoms with van der Waals surface area (Å²) in [5.41, 5.74) is 10.9. The monoisotopic (exact) mass is 463 g/mol. The second-order valence-electron chi connectivity index (χ2n) is 8.94. The molecule has 3 N–H and O–H groups in total. The molecule has 0 saturated carbocycles. The molecule has 5 heteroatoms. The number of nitrogens with one attached hydrogen (secondary N) is 1. The van der Waals surface area contributed by atoms with Gasteiger partial charge >= 0.3 is 0 Å². The molecule has 0 radical (unpaired) electrons. The van der Waals surface area contributed by atoms with Gasteiger partial charge in [-0.25, -0.2) is 4.98 Å².